The first-order chi connectivity index (χ1) is 16.0. The third-order valence-electron chi connectivity index (χ3n) is 5.47. The molecule has 7 nitrogen and oxygen atoms in total. The number of amides is 4. The fourth-order valence-electron chi connectivity index (χ4n) is 3.74. The minimum atomic E-state index is -4.61. The first-order valence-corrected chi connectivity index (χ1v) is 11.1. The third kappa shape index (κ3) is 4.40. The van der Waals surface area contributed by atoms with Crippen molar-refractivity contribution >= 4 is 51.6 Å². The molecule has 1 aromatic carbocycles. The lowest BCUT2D eigenvalue weighted by Gasteiger charge is -2.27. The summed E-state index contributed by atoms with van der Waals surface area (Å²) in [4.78, 5) is 42.8. The van der Waals surface area contributed by atoms with Gasteiger partial charge in [0.05, 0.1) is 30.4 Å². The zero-order valence-electron chi connectivity index (χ0n) is 17.8. The molecule has 4 amide bonds. The van der Waals surface area contributed by atoms with Gasteiger partial charge in [-0.05, 0) is 23.8 Å². The number of thiazole rings is 1. The summed E-state index contributed by atoms with van der Waals surface area (Å²) >= 11 is 6.72. The van der Waals surface area contributed by atoms with Gasteiger partial charge in [0.25, 0.3) is 0 Å². The number of nitrogens with one attached hydrogen (secondary N) is 1. The molecule has 1 aromatic heterocycles. The summed E-state index contributed by atoms with van der Waals surface area (Å²) in [5, 5.41) is 3.92. The van der Waals surface area contributed by atoms with Crippen molar-refractivity contribution in [3.63, 3.8) is 0 Å². The molecular formula is C22H17ClF3N4O3S+. The maximum Gasteiger partial charge on any atom is 0.500 e. The van der Waals surface area contributed by atoms with Crippen molar-refractivity contribution in [3.05, 3.63) is 58.0 Å². The van der Waals surface area contributed by atoms with Gasteiger partial charge in [-0.2, -0.15) is 27.4 Å². The van der Waals surface area contributed by atoms with Crippen LogP contribution in [0.3, 0.4) is 0 Å². The van der Waals surface area contributed by atoms with Gasteiger partial charge in [0.2, 0.25) is 5.91 Å². The standard InChI is InChI=1S/C22H16ClF3N4O3S/c1-29-16-5-3-4-12(18(16)19(32)30(2)21(29)33)9-17(31)28-20-27-15(10-34-20)11-6-7-14(23)13(8-11)22(24,25)26/h3-8,10,18H,9H2,1-2H3/p+1. The molecule has 0 bridgehead atoms. The first kappa shape index (κ1) is 23.8. The van der Waals surface area contributed by atoms with Gasteiger partial charge in [0.15, 0.2) is 5.13 Å². The molecule has 0 saturated heterocycles. The summed E-state index contributed by atoms with van der Waals surface area (Å²) in [7, 11) is 2.94. The van der Waals surface area contributed by atoms with Crippen LogP contribution in [-0.4, -0.2) is 52.1 Å². The number of alkyl halides is 3. The van der Waals surface area contributed by atoms with Crippen LogP contribution in [0.25, 0.3) is 11.3 Å². The predicted molar refractivity (Wildman–Crippen MR) is 121 cm³/mol. The van der Waals surface area contributed by atoms with E-state index in [1.165, 1.54) is 23.1 Å². The lowest BCUT2D eigenvalue weighted by molar-refractivity contribution is -0.405. The van der Waals surface area contributed by atoms with E-state index in [9.17, 15) is 27.6 Å². The highest BCUT2D eigenvalue weighted by Gasteiger charge is 2.46. The molecule has 2 heterocycles. The number of nitrogens with zero attached hydrogens (tertiary/aromatic N) is 3. The highest BCUT2D eigenvalue weighted by atomic mass is 35.5. The second-order valence-electron chi connectivity index (χ2n) is 7.65. The summed E-state index contributed by atoms with van der Waals surface area (Å²) in [5.74, 6) is -1.64. The van der Waals surface area contributed by atoms with E-state index in [1.807, 2.05) is 0 Å². The molecule has 0 saturated carbocycles. The van der Waals surface area contributed by atoms with Crippen LogP contribution < -0.4 is 5.32 Å². The highest BCUT2D eigenvalue weighted by molar-refractivity contribution is 7.14. The molecule has 0 fully saturated rings. The number of rotatable bonds is 4. The largest absolute Gasteiger partial charge is 0.500 e. The molecule has 2 aliphatic rings. The number of hydrogen-bond acceptors (Lipinski definition) is 5. The molecule has 1 atom stereocenters. The Morgan fingerprint density at radius 2 is 2.06 bits per heavy atom. The molecule has 1 unspecified atom stereocenters. The molecule has 2 aromatic rings. The van der Waals surface area contributed by atoms with E-state index in [4.69, 9.17) is 11.6 Å². The van der Waals surface area contributed by atoms with Crippen molar-refractivity contribution < 1.29 is 32.1 Å². The maximum atomic E-state index is 13.1. The number of carbonyl (C=O) groups is 3. The Bertz CT molecular complexity index is 1310. The Hall–Kier alpha value is -3.31. The first-order valence-electron chi connectivity index (χ1n) is 9.89. The van der Waals surface area contributed by atoms with Crippen LogP contribution in [0.5, 0.6) is 0 Å². The van der Waals surface area contributed by atoms with Gasteiger partial charge in [0, 0.05) is 17.4 Å². The average molecular weight is 510 g/mol. The van der Waals surface area contributed by atoms with Crippen LogP contribution in [0.4, 0.5) is 23.1 Å². The molecule has 4 rings (SSSR count). The Morgan fingerprint density at radius 1 is 1.32 bits per heavy atom. The summed E-state index contributed by atoms with van der Waals surface area (Å²) in [5.41, 5.74) is 0.479. The van der Waals surface area contributed by atoms with Crippen molar-refractivity contribution in [3.8, 4) is 11.3 Å². The smallest absolute Gasteiger partial charge is 0.302 e. The van der Waals surface area contributed by atoms with Gasteiger partial charge in [-0.25, -0.2) is 9.78 Å². The van der Waals surface area contributed by atoms with Crippen LogP contribution in [0.1, 0.15) is 12.0 Å². The molecule has 1 aliphatic heterocycles. The fourth-order valence-corrected chi connectivity index (χ4v) is 4.70. The van der Waals surface area contributed by atoms with Gasteiger partial charge in [-0.3, -0.25) is 4.79 Å². The minimum absolute atomic E-state index is 0.131. The number of urea groups is 1. The van der Waals surface area contributed by atoms with E-state index in [0.717, 1.165) is 28.4 Å². The van der Waals surface area contributed by atoms with Gasteiger partial charge < -0.3 is 5.32 Å². The SMILES string of the molecule is CN1C(=O)C2C(CC(=O)Nc3nc(-c4ccc(Cl)c(C(F)(F)F)c4)cs3)=CC=CC2=[N+](C)C1=O. The zero-order chi connectivity index (χ0) is 24.8. The molecule has 12 heteroatoms. The Kier molecular flexibility index (Phi) is 6.17. The van der Waals surface area contributed by atoms with Crippen LogP contribution in [0, 0.1) is 5.92 Å². The van der Waals surface area contributed by atoms with E-state index in [2.05, 4.69) is 10.3 Å². The van der Waals surface area contributed by atoms with Gasteiger partial charge in [-0.1, -0.05) is 29.8 Å². The number of benzene rings is 1. The number of hydrogen-bond donors (Lipinski definition) is 1. The molecule has 0 spiro atoms. The predicted octanol–water partition coefficient (Wildman–Crippen LogP) is 4.60. The van der Waals surface area contributed by atoms with E-state index >= 15 is 0 Å². The van der Waals surface area contributed by atoms with Crippen molar-refractivity contribution in [2.45, 2.75) is 12.6 Å². The van der Waals surface area contributed by atoms with E-state index in [0.29, 0.717) is 11.3 Å². The van der Waals surface area contributed by atoms with Gasteiger partial charge in [0.1, 0.15) is 11.6 Å². The van der Waals surface area contributed by atoms with Crippen molar-refractivity contribution in [2.75, 3.05) is 19.4 Å². The lowest BCUT2D eigenvalue weighted by Crippen LogP contribution is -2.52. The zero-order valence-corrected chi connectivity index (χ0v) is 19.4. The monoisotopic (exact) mass is 509 g/mol. The fraction of sp³-hybridized carbons (Fsp3) is 0.227. The average Bonchev–Trinajstić information content (AvgIpc) is 3.23. The topological polar surface area (TPSA) is 82.4 Å². The Labute approximate surface area is 200 Å². The molecule has 176 valence electrons. The number of allylic oxidation sites excluding steroid dienone is 3. The maximum absolute atomic E-state index is 13.1. The number of aromatic nitrogens is 1. The summed E-state index contributed by atoms with van der Waals surface area (Å²) in [6.07, 6.45) is 0.235. The van der Waals surface area contributed by atoms with E-state index < -0.39 is 40.5 Å². The van der Waals surface area contributed by atoms with Crippen LogP contribution in [0.15, 0.2) is 47.4 Å². The Morgan fingerprint density at radius 3 is 2.76 bits per heavy atom. The summed E-state index contributed by atoms with van der Waals surface area (Å²) in [6.45, 7) is 0. The van der Waals surface area contributed by atoms with Crippen molar-refractivity contribution in [2.24, 2.45) is 5.92 Å². The minimum Gasteiger partial charge on any atom is -0.302 e. The van der Waals surface area contributed by atoms with Crippen LogP contribution >= 0.6 is 22.9 Å². The number of imide groups is 1. The molecule has 34 heavy (non-hydrogen) atoms. The second kappa shape index (κ2) is 8.80. The highest BCUT2D eigenvalue weighted by Crippen LogP contribution is 2.37. The quantitative estimate of drug-likeness (QED) is 0.611. The third-order valence-corrected chi connectivity index (χ3v) is 6.55. The normalized spacial score (nSPS) is 18.2. The van der Waals surface area contributed by atoms with E-state index in [1.54, 1.807) is 25.3 Å². The van der Waals surface area contributed by atoms with Crippen molar-refractivity contribution in [1.82, 2.24) is 9.88 Å². The van der Waals surface area contributed by atoms with Gasteiger partial charge >= 0.3 is 18.1 Å². The number of anilines is 1. The van der Waals surface area contributed by atoms with Crippen LogP contribution in [0.2, 0.25) is 5.02 Å². The second-order valence-corrected chi connectivity index (χ2v) is 8.92. The van der Waals surface area contributed by atoms with Crippen molar-refractivity contribution in [1.29, 1.82) is 0 Å². The number of fused-ring (bicyclic) bond motifs is 1. The molecular weight excluding hydrogens is 493 g/mol. The number of halogens is 4. The summed E-state index contributed by atoms with van der Waals surface area (Å²) < 4.78 is 40.8. The van der Waals surface area contributed by atoms with Gasteiger partial charge in [-0.15, -0.1) is 11.3 Å². The molecule has 1 aliphatic carbocycles. The lowest BCUT2D eigenvalue weighted by atomic mass is 9.85. The number of carbonyl (C=O) groups excluding carboxylic acids is 3. The summed E-state index contributed by atoms with van der Waals surface area (Å²) in [6, 6.07) is 3.01. The molecule has 1 N–H and O–H groups in total. The van der Waals surface area contributed by atoms with E-state index in [-0.39, 0.29) is 22.8 Å². The van der Waals surface area contributed by atoms with Crippen LogP contribution in [-0.2, 0) is 15.8 Å². The Balaban J connectivity index is 1.50. The molecule has 0 radical (unpaired) electrons.